The van der Waals surface area contributed by atoms with Crippen LogP contribution in [-0.4, -0.2) is 38.4 Å². The zero-order valence-corrected chi connectivity index (χ0v) is 10.9. The maximum absolute atomic E-state index is 11.8. The predicted octanol–water partition coefficient (Wildman–Crippen LogP) is -0.939. The molecule has 1 fully saturated rings. The Morgan fingerprint density at radius 2 is 2.28 bits per heavy atom. The van der Waals surface area contributed by atoms with Crippen LogP contribution in [0.5, 0.6) is 0 Å². The standard InChI is InChI=1S/C9H14N6O2S/c1-9(2)8(17)11-6(16)4-15(9)3-5-7(12-10)18-14-13-5/h12H,3-4,10H2,1-2H3,(H,11,16,17). The van der Waals surface area contributed by atoms with E-state index in [0.29, 0.717) is 17.2 Å². The summed E-state index contributed by atoms with van der Waals surface area (Å²) in [6, 6.07) is 0. The zero-order valence-electron chi connectivity index (χ0n) is 10.1. The molecule has 1 aromatic rings. The van der Waals surface area contributed by atoms with Crippen LogP contribution < -0.4 is 16.6 Å². The fourth-order valence-corrected chi connectivity index (χ4v) is 2.17. The number of nitrogen functional groups attached to an aromatic ring is 1. The number of hydrogen-bond donors (Lipinski definition) is 3. The van der Waals surface area contributed by atoms with E-state index < -0.39 is 5.54 Å². The normalized spacial score (nSPS) is 19.7. The molecule has 18 heavy (non-hydrogen) atoms. The first-order chi connectivity index (χ1) is 8.45. The Balaban J connectivity index is 2.21. The van der Waals surface area contributed by atoms with Crippen molar-refractivity contribution in [3.63, 3.8) is 0 Å². The van der Waals surface area contributed by atoms with Crippen molar-refractivity contribution in [3.05, 3.63) is 5.69 Å². The molecule has 0 bridgehead atoms. The second kappa shape index (κ2) is 4.59. The number of anilines is 1. The molecular weight excluding hydrogens is 256 g/mol. The van der Waals surface area contributed by atoms with Crippen LogP contribution in [0.4, 0.5) is 5.00 Å². The van der Waals surface area contributed by atoms with E-state index in [1.54, 1.807) is 18.7 Å². The number of amides is 2. The number of piperazine rings is 1. The number of hydrazine groups is 1. The fourth-order valence-electron chi connectivity index (χ4n) is 1.69. The predicted molar refractivity (Wildman–Crippen MR) is 65.4 cm³/mol. The number of carbonyl (C=O) groups is 2. The summed E-state index contributed by atoms with van der Waals surface area (Å²) in [5.41, 5.74) is 2.35. The minimum atomic E-state index is -0.774. The molecule has 0 unspecified atom stereocenters. The van der Waals surface area contributed by atoms with Gasteiger partial charge in [0, 0.05) is 18.1 Å². The van der Waals surface area contributed by atoms with Crippen molar-refractivity contribution in [3.8, 4) is 0 Å². The van der Waals surface area contributed by atoms with Crippen molar-refractivity contribution in [2.45, 2.75) is 25.9 Å². The molecule has 8 nitrogen and oxygen atoms in total. The van der Waals surface area contributed by atoms with Gasteiger partial charge in [0.1, 0.15) is 10.7 Å². The van der Waals surface area contributed by atoms with Crippen LogP contribution in [0.2, 0.25) is 0 Å². The van der Waals surface area contributed by atoms with Crippen LogP contribution in [0.1, 0.15) is 19.5 Å². The number of aromatic nitrogens is 2. The molecule has 0 radical (unpaired) electrons. The van der Waals surface area contributed by atoms with Gasteiger partial charge in [0.05, 0.1) is 12.1 Å². The molecule has 9 heteroatoms. The van der Waals surface area contributed by atoms with E-state index in [-0.39, 0.29) is 18.4 Å². The van der Waals surface area contributed by atoms with Crippen LogP contribution in [0.15, 0.2) is 0 Å². The smallest absolute Gasteiger partial charge is 0.246 e. The van der Waals surface area contributed by atoms with Crippen molar-refractivity contribution in [2.24, 2.45) is 5.84 Å². The van der Waals surface area contributed by atoms with Crippen molar-refractivity contribution < 1.29 is 9.59 Å². The molecular formula is C9H14N6O2S. The topological polar surface area (TPSA) is 113 Å². The van der Waals surface area contributed by atoms with E-state index in [1.807, 2.05) is 0 Å². The number of imide groups is 1. The monoisotopic (exact) mass is 270 g/mol. The van der Waals surface area contributed by atoms with E-state index in [9.17, 15) is 9.59 Å². The number of nitrogens with one attached hydrogen (secondary N) is 2. The summed E-state index contributed by atoms with van der Waals surface area (Å²) in [6.45, 7) is 3.98. The van der Waals surface area contributed by atoms with Crippen LogP contribution in [-0.2, 0) is 16.1 Å². The average Bonchev–Trinajstić information content (AvgIpc) is 2.73. The molecule has 98 valence electrons. The molecule has 1 saturated heterocycles. The van der Waals surface area contributed by atoms with Gasteiger partial charge < -0.3 is 5.43 Å². The third-order valence-corrected chi connectivity index (χ3v) is 3.66. The van der Waals surface area contributed by atoms with Crippen molar-refractivity contribution in [2.75, 3.05) is 12.0 Å². The highest BCUT2D eigenvalue weighted by molar-refractivity contribution is 7.10. The molecule has 0 atom stereocenters. The molecule has 0 saturated carbocycles. The average molecular weight is 270 g/mol. The molecule has 1 aliphatic rings. The lowest BCUT2D eigenvalue weighted by Gasteiger charge is -2.39. The Bertz CT molecular complexity index is 485. The third-order valence-electron chi connectivity index (χ3n) is 2.96. The van der Waals surface area contributed by atoms with Crippen LogP contribution in [0, 0.1) is 0 Å². The van der Waals surface area contributed by atoms with Gasteiger partial charge in [-0.05, 0) is 13.8 Å². The fraction of sp³-hybridized carbons (Fsp3) is 0.556. The van der Waals surface area contributed by atoms with E-state index >= 15 is 0 Å². The lowest BCUT2D eigenvalue weighted by molar-refractivity contribution is -0.145. The molecule has 2 amide bonds. The molecule has 2 rings (SSSR count). The highest BCUT2D eigenvalue weighted by Crippen LogP contribution is 2.24. The van der Waals surface area contributed by atoms with Gasteiger partial charge in [-0.3, -0.25) is 19.8 Å². The van der Waals surface area contributed by atoms with E-state index in [4.69, 9.17) is 5.84 Å². The van der Waals surface area contributed by atoms with E-state index in [0.717, 1.165) is 11.5 Å². The number of nitrogens with two attached hydrogens (primary N) is 1. The van der Waals surface area contributed by atoms with Gasteiger partial charge in [0.2, 0.25) is 11.8 Å². The molecule has 0 spiro atoms. The van der Waals surface area contributed by atoms with Gasteiger partial charge in [-0.25, -0.2) is 5.84 Å². The third kappa shape index (κ3) is 2.19. The summed E-state index contributed by atoms with van der Waals surface area (Å²) in [5, 5.41) is 6.88. The van der Waals surface area contributed by atoms with Crippen molar-refractivity contribution in [1.82, 2.24) is 19.8 Å². The summed E-state index contributed by atoms with van der Waals surface area (Å²) in [5.74, 6) is 4.71. The largest absolute Gasteiger partial charge is 0.313 e. The zero-order chi connectivity index (χ0) is 13.3. The van der Waals surface area contributed by atoms with Gasteiger partial charge in [0.15, 0.2) is 0 Å². The van der Waals surface area contributed by atoms with Crippen molar-refractivity contribution in [1.29, 1.82) is 0 Å². The van der Waals surface area contributed by atoms with E-state index in [2.05, 4.69) is 20.3 Å². The van der Waals surface area contributed by atoms with E-state index in [1.165, 1.54) is 0 Å². The Morgan fingerprint density at radius 3 is 2.94 bits per heavy atom. The van der Waals surface area contributed by atoms with Gasteiger partial charge in [-0.15, -0.1) is 5.10 Å². The summed E-state index contributed by atoms with van der Waals surface area (Å²) >= 11 is 1.13. The Morgan fingerprint density at radius 1 is 1.56 bits per heavy atom. The van der Waals surface area contributed by atoms with Gasteiger partial charge in [0.25, 0.3) is 0 Å². The Hall–Kier alpha value is -1.58. The second-order valence-corrected chi connectivity index (χ2v) is 5.24. The first-order valence-corrected chi connectivity index (χ1v) is 6.09. The molecule has 0 aromatic carbocycles. The SMILES string of the molecule is CC1(C)C(=O)NC(=O)CN1Cc1nnsc1NN. The minimum absolute atomic E-state index is 0.139. The quantitative estimate of drug-likeness (QED) is 0.369. The highest BCUT2D eigenvalue weighted by Gasteiger charge is 2.41. The minimum Gasteiger partial charge on any atom is -0.313 e. The molecule has 1 aromatic heterocycles. The van der Waals surface area contributed by atoms with Crippen LogP contribution in [0.3, 0.4) is 0 Å². The van der Waals surface area contributed by atoms with Gasteiger partial charge >= 0.3 is 0 Å². The number of carbonyl (C=O) groups excluding carboxylic acids is 2. The first-order valence-electron chi connectivity index (χ1n) is 5.32. The van der Waals surface area contributed by atoms with Crippen LogP contribution in [0.25, 0.3) is 0 Å². The Labute approximate surface area is 108 Å². The number of nitrogens with zero attached hydrogens (tertiary/aromatic N) is 3. The maximum Gasteiger partial charge on any atom is 0.246 e. The summed E-state index contributed by atoms with van der Waals surface area (Å²) < 4.78 is 3.78. The number of rotatable bonds is 3. The van der Waals surface area contributed by atoms with Gasteiger partial charge in [-0.1, -0.05) is 4.49 Å². The lowest BCUT2D eigenvalue weighted by Crippen LogP contribution is -2.63. The molecule has 2 heterocycles. The summed E-state index contributed by atoms with van der Waals surface area (Å²) in [4.78, 5) is 24.9. The van der Waals surface area contributed by atoms with Crippen LogP contribution >= 0.6 is 11.5 Å². The van der Waals surface area contributed by atoms with Gasteiger partial charge in [-0.2, -0.15) is 0 Å². The highest BCUT2D eigenvalue weighted by atomic mass is 32.1. The molecule has 4 N–H and O–H groups in total. The summed E-state index contributed by atoms with van der Waals surface area (Å²) in [7, 11) is 0. The first kappa shape index (κ1) is 12.9. The van der Waals surface area contributed by atoms with Crippen molar-refractivity contribution >= 4 is 28.3 Å². The molecule has 0 aliphatic carbocycles. The maximum atomic E-state index is 11.8. The molecule has 1 aliphatic heterocycles. The summed E-state index contributed by atoms with van der Waals surface area (Å²) in [6.07, 6.45) is 0. The Kier molecular flexibility index (Phi) is 3.28. The second-order valence-electron chi connectivity index (χ2n) is 4.49. The lowest BCUT2D eigenvalue weighted by atomic mass is 9.98. The number of hydrogen-bond acceptors (Lipinski definition) is 8.